The first kappa shape index (κ1) is 14.3. The van der Waals surface area contributed by atoms with Crippen LogP contribution in [0, 0.1) is 11.8 Å². The lowest BCUT2D eigenvalue weighted by Gasteiger charge is -2.37. The van der Waals surface area contributed by atoms with E-state index in [4.69, 9.17) is 0 Å². The number of nitrogens with one attached hydrogen (secondary N) is 1. The van der Waals surface area contributed by atoms with Gasteiger partial charge in [-0.15, -0.1) is 0 Å². The Balaban J connectivity index is 1.77. The van der Waals surface area contributed by atoms with Gasteiger partial charge in [0.05, 0.1) is 0 Å². The van der Waals surface area contributed by atoms with Gasteiger partial charge in [0, 0.05) is 5.54 Å². The zero-order chi connectivity index (χ0) is 13.0. The Bertz CT molecular complexity index is 235. The minimum absolute atomic E-state index is 0.474. The normalized spacial score (nSPS) is 31.3. The van der Waals surface area contributed by atoms with Crippen molar-refractivity contribution < 1.29 is 0 Å². The third kappa shape index (κ3) is 3.27. The van der Waals surface area contributed by atoms with E-state index < -0.39 is 0 Å². The van der Waals surface area contributed by atoms with E-state index in [2.05, 4.69) is 31.0 Å². The Morgan fingerprint density at radius 1 is 1.28 bits per heavy atom. The molecule has 0 amide bonds. The molecule has 2 nitrogen and oxygen atoms in total. The van der Waals surface area contributed by atoms with Crippen LogP contribution >= 0.6 is 0 Å². The van der Waals surface area contributed by atoms with Crippen LogP contribution in [0.3, 0.4) is 0 Å². The summed E-state index contributed by atoms with van der Waals surface area (Å²) in [4.78, 5) is 2.60. The molecule has 0 spiro atoms. The van der Waals surface area contributed by atoms with E-state index >= 15 is 0 Å². The van der Waals surface area contributed by atoms with Crippen molar-refractivity contribution in [3.05, 3.63) is 0 Å². The molecule has 0 radical (unpaired) electrons. The van der Waals surface area contributed by atoms with Gasteiger partial charge in [0.25, 0.3) is 0 Å². The van der Waals surface area contributed by atoms with Gasteiger partial charge >= 0.3 is 0 Å². The average Bonchev–Trinajstić information content (AvgIpc) is 2.87. The molecule has 0 aliphatic carbocycles. The van der Waals surface area contributed by atoms with Gasteiger partial charge in [-0.25, -0.2) is 0 Å². The van der Waals surface area contributed by atoms with E-state index in [1.807, 2.05) is 0 Å². The zero-order valence-corrected chi connectivity index (χ0v) is 12.7. The first-order chi connectivity index (χ1) is 8.66. The largest absolute Gasteiger partial charge is 0.311 e. The Hall–Kier alpha value is -0.0800. The quantitative estimate of drug-likeness (QED) is 0.808. The third-order valence-electron chi connectivity index (χ3n) is 5.53. The number of hydrogen-bond acceptors (Lipinski definition) is 2. The molecule has 18 heavy (non-hydrogen) atoms. The Labute approximate surface area is 114 Å². The van der Waals surface area contributed by atoms with Crippen LogP contribution in [-0.4, -0.2) is 36.6 Å². The smallest absolute Gasteiger partial charge is 0.0205 e. The maximum absolute atomic E-state index is 3.82. The minimum atomic E-state index is 0.474. The molecule has 2 heterocycles. The second-order valence-electron chi connectivity index (χ2n) is 6.76. The summed E-state index contributed by atoms with van der Waals surface area (Å²) in [5.74, 6) is 1.78. The van der Waals surface area contributed by atoms with Gasteiger partial charge in [-0.3, -0.25) is 0 Å². The zero-order valence-electron chi connectivity index (χ0n) is 12.7. The standard InChI is InChI=1S/C16H32N2/c1-4-18-12-7-15(8-13-18)6-10-16(14(2)3)9-5-11-17-16/h14-15,17H,4-13H2,1-3H3. The van der Waals surface area contributed by atoms with E-state index in [-0.39, 0.29) is 0 Å². The van der Waals surface area contributed by atoms with Gasteiger partial charge in [0.2, 0.25) is 0 Å². The number of rotatable bonds is 5. The Morgan fingerprint density at radius 2 is 2.00 bits per heavy atom. The van der Waals surface area contributed by atoms with E-state index in [0.717, 1.165) is 11.8 Å². The maximum atomic E-state index is 3.82. The molecule has 2 heteroatoms. The second kappa shape index (κ2) is 6.38. The van der Waals surface area contributed by atoms with Crippen molar-refractivity contribution in [2.24, 2.45) is 11.8 Å². The molecule has 106 valence electrons. The number of nitrogens with zero attached hydrogens (tertiary/aromatic N) is 1. The third-order valence-corrected chi connectivity index (χ3v) is 5.53. The average molecular weight is 252 g/mol. The first-order valence-corrected chi connectivity index (χ1v) is 8.13. The summed E-state index contributed by atoms with van der Waals surface area (Å²) in [5.41, 5.74) is 0.474. The first-order valence-electron chi connectivity index (χ1n) is 8.13. The lowest BCUT2D eigenvalue weighted by atomic mass is 9.78. The molecule has 0 aromatic rings. The monoisotopic (exact) mass is 252 g/mol. The summed E-state index contributed by atoms with van der Waals surface area (Å²) in [6.07, 6.45) is 8.50. The molecule has 1 unspecified atom stereocenters. The van der Waals surface area contributed by atoms with Crippen molar-refractivity contribution in [2.75, 3.05) is 26.2 Å². The molecule has 0 aromatic carbocycles. The van der Waals surface area contributed by atoms with Crippen LogP contribution in [0.1, 0.15) is 59.3 Å². The van der Waals surface area contributed by atoms with E-state index in [9.17, 15) is 0 Å². The molecular formula is C16H32N2. The molecule has 2 aliphatic rings. The molecule has 0 saturated carbocycles. The highest BCUT2D eigenvalue weighted by molar-refractivity contribution is 4.95. The van der Waals surface area contributed by atoms with Crippen LogP contribution < -0.4 is 5.32 Å². The SMILES string of the molecule is CCN1CCC(CCC2(C(C)C)CCCN2)CC1. The number of hydrogen-bond donors (Lipinski definition) is 1. The van der Waals surface area contributed by atoms with Crippen LogP contribution in [-0.2, 0) is 0 Å². The highest BCUT2D eigenvalue weighted by Gasteiger charge is 2.36. The fraction of sp³-hybridized carbons (Fsp3) is 1.00. The lowest BCUT2D eigenvalue weighted by Crippen LogP contribution is -2.45. The van der Waals surface area contributed by atoms with Gasteiger partial charge in [0.1, 0.15) is 0 Å². The van der Waals surface area contributed by atoms with Crippen LogP contribution in [0.15, 0.2) is 0 Å². The van der Waals surface area contributed by atoms with Crippen LogP contribution in [0.2, 0.25) is 0 Å². The van der Waals surface area contributed by atoms with E-state index in [1.54, 1.807) is 0 Å². The summed E-state index contributed by atoms with van der Waals surface area (Å²) < 4.78 is 0. The van der Waals surface area contributed by atoms with Crippen molar-refractivity contribution in [3.63, 3.8) is 0 Å². The fourth-order valence-corrected chi connectivity index (χ4v) is 3.88. The minimum Gasteiger partial charge on any atom is -0.311 e. The molecule has 1 atom stereocenters. The summed E-state index contributed by atoms with van der Waals surface area (Å²) in [5, 5.41) is 3.82. The summed E-state index contributed by atoms with van der Waals surface area (Å²) >= 11 is 0. The van der Waals surface area contributed by atoms with Gasteiger partial charge in [-0.05, 0) is 76.5 Å². The van der Waals surface area contributed by atoms with Gasteiger partial charge < -0.3 is 10.2 Å². The van der Waals surface area contributed by atoms with E-state index in [1.165, 1.54) is 64.7 Å². The van der Waals surface area contributed by atoms with Gasteiger partial charge in [-0.1, -0.05) is 20.8 Å². The predicted molar refractivity (Wildman–Crippen MR) is 78.9 cm³/mol. The molecule has 2 rings (SSSR count). The van der Waals surface area contributed by atoms with Crippen LogP contribution in [0.25, 0.3) is 0 Å². The number of likely N-dealkylation sites (tertiary alicyclic amines) is 1. The molecular weight excluding hydrogens is 220 g/mol. The van der Waals surface area contributed by atoms with Crippen molar-refractivity contribution in [3.8, 4) is 0 Å². The van der Waals surface area contributed by atoms with Gasteiger partial charge in [-0.2, -0.15) is 0 Å². The second-order valence-corrected chi connectivity index (χ2v) is 6.76. The van der Waals surface area contributed by atoms with Gasteiger partial charge in [0.15, 0.2) is 0 Å². The van der Waals surface area contributed by atoms with Crippen LogP contribution in [0.5, 0.6) is 0 Å². The summed E-state index contributed by atoms with van der Waals surface area (Å²) in [6, 6.07) is 0. The molecule has 0 aromatic heterocycles. The molecule has 2 saturated heterocycles. The topological polar surface area (TPSA) is 15.3 Å². The highest BCUT2D eigenvalue weighted by Crippen LogP contribution is 2.35. The van der Waals surface area contributed by atoms with Crippen molar-refractivity contribution in [1.29, 1.82) is 0 Å². The van der Waals surface area contributed by atoms with E-state index in [0.29, 0.717) is 5.54 Å². The lowest BCUT2D eigenvalue weighted by molar-refractivity contribution is 0.164. The summed E-state index contributed by atoms with van der Waals surface area (Å²) in [7, 11) is 0. The Kier molecular flexibility index (Phi) is 5.08. The van der Waals surface area contributed by atoms with Crippen LogP contribution in [0.4, 0.5) is 0 Å². The predicted octanol–water partition coefficient (Wildman–Crippen LogP) is 3.28. The highest BCUT2D eigenvalue weighted by atomic mass is 15.1. The summed E-state index contributed by atoms with van der Waals surface area (Å²) in [6.45, 7) is 12.2. The number of piperidine rings is 1. The van der Waals surface area contributed by atoms with Crippen molar-refractivity contribution in [2.45, 2.75) is 64.8 Å². The van der Waals surface area contributed by atoms with Crippen molar-refractivity contribution >= 4 is 0 Å². The molecule has 2 aliphatic heterocycles. The molecule has 1 N–H and O–H groups in total. The molecule has 2 fully saturated rings. The van der Waals surface area contributed by atoms with Crippen molar-refractivity contribution in [1.82, 2.24) is 10.2 Å². The fourth-order valence-electron chi connectivity index (χ4n) is 3.88. The maximum Gasteiger partial charge on any atom is 0.0205 e. The molecule has 0 bridgehead atoms. The Morgan fingerprint density at radius 3 is 2.50 bits per heavy atom.